The van der Waals surface area contributed by atoms with Crippen molar-refractivity contribution in [3.8, 4) is 0 Å². The molecule has 0 saturated carbocycles. The maximum Gasteiger partial charge on any atom is 0.246 e. The van der Waals surface area contributed by atoms with Crippen molar-refractivity contribution in [1.29, 1.82) is 0 Å². The predicted octanol–water partition coefficient (Wildman–Crippen LogP) is 4.56. The van der Waals surface area contributed by atoms with Crippen LogP contribution in [0.5, 0.6) is 0 Å². The van der Waals surface area contributed by atoms with Crippen LogP contribution >= 0.6 is 23.5 Å². The zero-order chi connectivity index (χ0) is 21.6. The topological polar surface area (TPSA) is 75.4 Å². The summed E-state index contributed by atoms with van der Waals surface area (Å²) in [5.74, 6) is 0.623. The van der Waals surface area contributed by atoms with Crippen LogP contribution in [-0.2, 0) is 9.59 Å². The lowest BCUT2D eigenvalue weighted by molar-refractivity contribution is -0.117. The number of hydrogen-bond donors (Lipinski definition) is 2. The van der Waals surface area contributed by atoms with Crippen molar-refractivity contribution < 1.29 is 9.59 Å². The Kier molecular flexibility index (Phi) is 6.84. The fraction of sp³-hybridized carbons (Fsp3) is 0.167. The van der Waals surface area contributed by atoms with Crippen LogP contribution in [0.2, 0.25) is 0 Å². The van der Waals surface area contributed by atoms with Crippen molar-refractivity contribution >= 4 is 46.7 Å². The van der Waals surface area contributed by atoms with Gasteiger partial charge in [-0.15, -0.1) is 23.5 Å². The van der Waals surface area contributed by atoms with Crippen LogP contribution in [0.1, 0.15) is 11.6 Å². The van der Waals surface area contributed by atoms with Crippen molar-refractivity contribution in [2.45, 2.75) is 15.8 Å². The number of nitrogens with one attached hydrogen (secondary N) is 1. The van der Waals surface area contributed by atoms with E-state index in [-0.39, 0.29) is 30.2 Å². The van der Waals surface area contributed by atoms with Crippen molar-refractivity contribution in [2.24, 2.45) is 5.73 Å². The molecule has 3 aromatic rings. The molecule has 3 aromatic carbocycles. The summed E-state index contributed by atoms with van der Waals surface area (Å²) < 4.78 is 0. The molecule has 0 aromatic heterocycles. The van der Waals surface area contributed by atoms with Crippen molar-refractivity contribution in [3.63, 3.8) is 0 Å². The summed E-state index contributed by atoms with van der Waals surface area (Å²) in [7, 11) is 0. The molecule has 0 fully saturated rings. The minimum atomic E-state index is -0.371. The molecule has 0 aliphatic carbocycles. The molecule has 31 heavy (non-hydrogen) atoms. The molecule has 0 bridgehead atoms. The summed E-state index contributed by atoms with van der Waals surface area (Å²) in [5.41, 5.74) is 8.16. The van der Waals surface area contributed by atoms with E-state index in [1.807, 2.05) is 65.6 Å². The maximum atomic E-state index is 13.5. The quantitative estimate of drug-likeness (QED) is 0.518. The second-order valence-corrected chi connectivity index (χ2v) is 9.15. The number of nitrogens with two attached hydrogens (primary N) is 1. The molecule has 7 heteroatoms. The lowest BCUT2D eigenvalue weighted by atomic mass is 10.1. The number of rotatable bonds is 7. The van der Waals surface area contributed by atoms with E-state index in [0.717, 1.165) is 32.5 Å². The van der Waals surface area contributed by atoms with Crippen LogP contribution < -0.4 is 16.0 Å². The molecule has 5 nitrogen and oxygen atoms in total. The Labute approximate surface area is 190 Å². The van der Waals surface area contributed by atoms with Gasteiger partial charge in [-0.2, -0.15) is 0 Å². The summed E-state index contributed by atoms with van der Waals surface area (Å²) in [6, 6.07) is 25.8. The number of para-hydroxylation sites is 2. The highest BCUT2D eigenvalue weighted by Gasteiger charge is 2.32. The second-order valence-electron chi connectivity index (χ2n) is 7.07. The van der Waals surface area contributed by atoms with E-state index in [1.54, 1.807) is 11.8 Å². The normalized spacial score (nSPS) is 15.2. The van der Waals surface area contributed by atoms with Gasteiger partial charge in [0.25, 0.3) is 0 Å². The SMILES string of the molecule is NC(=O)CSc1ccccc1NCC(=O)N1c2ccccc2SCC1c1ccccc1. The second kappa shape index (κ2) is 9.94. The summed E-state index contributed by atoms with van der Waals surface area (Å²) in [4.78, 5) is 28.5. The Morgan fingerprint density at radius 2 is 1.71 bits per heavy atom. The van der Waals surface area contributed by atoms with Crippen LogP contribution in [-0.4, -0.2) is 29.9 Å². The molecule has 0 spiro atoms. The Hall–Kier alpha value is -2.90. The van der Waals surface area contributed by atoms with Gasteiger partial charge in [0, 0.05) is 21.2 Å². The number of carbonyl (C=O) groups is 2. The first kappa shape index (κ1) is 21.3. The molecule has 1 heterocycles. The zero-order valence-corrected chi connectivity index (χ0v) is 18.5. The summed E-state index contributed by atoms with van der Waals surface area (Å²) in [5, 5.41) is 3.27. The van der Waals surface area contributed by atoms with Crippen LogP contribution in [0.15, 0.2) is 88.7 Å². The molecule has 0 radical (unpaired) electrons. The highest BCUT2D eigenvalue weighted by molar-refractivity contribution is 8.00. The van der Waals surface area contributed by atoms with Gasteiger partial charge in [-0.05, 0) is 29.8 Å². The van der Waals surface area contributed by atoms with Crippen LogP contribution in [0.4, 0.5) is 11.4 Å². The summed E-state index contributed by atoms with van der Waals surface area (Å²) in [6.07, 6.45) is 0. The molecule has 158 valence electrons. The smallest absolute Gasteiger partial charge is 0.246 e. The molecule has 2 amide bonds. The molecule has 1 unspecified atom stereocenters. The Morgan fingerprint density at radius 1 is 1.00 bits per heavy atom. The van der Waals surface area contributed by atoms with Crippen molar-refractivity contribution in [2.75, 3.05) is 28.3 Å². The lowest BCUT2D eigenvalue weighted by Gasteiger charge is -2.37. The Bertz CT molecular complexity index is 1080. The standard InChI is InChI=1S/C24H23N3O2S2/c25-23(28)16-31-21-12-6-4-10-18(21)26-14-24(29)27-19-11-5-7-13-22(19)30-15-20(27)17-8-2-1-3-9-17/h1-13,20,26H,14-16H2,(H2,25,28). The fourth-order valence-electron chi connectivity index (χ4n) is 3.56. The molecule has 1 atom stereocenters. The number of amides is 2. The van der Waals surface area contributed by atoms with Gasteiger partial charge in [0.05, 0.1) is 24.0 Å². The van der Waals surface area contributed by atoms with Crippen molar-refractivity contribution in [3.05, 3.63) is 84.4 Å². The van der Waals surface area contributed by atoms with E-state index in [9.17, 15) is 9.59 Å². The fourth-order valence-corrected chi connectivity index (χ4v) is 5.50. The summed E-state index contributed by atoms with van der Waals surface area (Å²) in [6.45, 7) is 0.149. The summed E-state index contributed by atoms with van der Waals surface area (Å²) >= 11 is 3.14. The third-order valence-electron chi connectivity index (χ3n) is 4.97. The van der Waals surface area contributed by atoms with E-state index in [4.69, 9.17) is 5.73 Å². The molecule has 1 aliphatic rings. The van der Waals surface area contributed by atoms with Gasteiger partial charge in [0.1, 0.15) is 0 Å². The molecule has 3 N–H and O–H groups in total. The number of carbonyl (C=O) groups excluding carboxylic acids is 2. The minimum Gasteiger partial charge on any atom is -0.375 e. The molecule has 0 saturated heterocycles. The number of fused-ring (bicyclic) bond motifs is 1. The molecule has 4 rings (SSSR count). The number of hydrogen-bond acceptors (Lipinski definition) is 5. The van der Waals surface area contributed by atoms with Gasteiger partial charge in [-0.3, -0.25) is 9.59 Å². The molecular formula is C24H23N3O2S2. The van der Waals surface area contributed by atoms with E-state index >= 15 is 0 Å². The first-order chi connectivity index (χ1) is 15.1. The van der Waals surface area contributed by atoms with Crippen LogP contribution in [0, 0.1) is 0 Å². The molecule has 1 aliphatic heterocycles. The molecular weight excluding hydrogens is 426 g/mol. The lowest BCUT2D eigenvalue weighted by Crippen LogP contribution is -2.41. The van der Waals surface area contributed by atoms with Gasteiger partial charge in [-0.1, -0.05) is 54.6 Å². The highest BCUT2D eigenvalue weighted by atomic mass is 32.2. The Balaban J connectivity index is 1.57. The average Bonchev–Trinajstić information content (AvgIpc) is 2.81. The monoisotopic (exact) mass is 449 g/mol. The maximum absolute atomic E-state index is 13.5. The number of primary amides is 1. The number of nitrogens with zero attached hydrogens (tertiary/aromatic N) is 1. The van der Waals surface area contributed by atoms with E-state index in [2.05, 4.69) is 23.5 Å². The van der Waals surface area contributed by atoms with Gasteiger partial charge in [-0.25, -0.2) is 0 Å². The number of anilines is 2. The first-order valence-corrected chi connectivity index (χ1v) is 11.9. The van der Waals surface area contributed by atoms with Crippen LogP contribution in [0.3, 0.4) is 0 Å². The van der Waals surface area contributed by atoms with Gasteiger partial charge >= 0.3 is 0 Å². The number of benzene rings is 3. The third kappa shape index (κ3) is 5.06. The average molecular weight is 450 g/mol. The Morgan fingerprint density at radius 3 is 2.52 bits per heavy atom. The highest BCUT2D eigenvalue weighted by Crippen LogP contribution is 2.43. The van der Waals surface area contributed by atoms with E-state index in [1.165, 1.54) is 11.8 Å². The van der Waals surface area contributed by atoms with Crippen molar-refractivity contribution in [1.82, 2.24) is 0 Å². The number of thioether (sulfide) groups is 2. The zero-order valence-electron chi connectivity index (χ0n) is 16.9. The minimum absolute atomic E-state index is 0.00342. The first-order valence-electron chi connectivity index (χ1n) is 9.96. The predicted molar refractivity (Wildman–Crippen MR) is 129 cm³/mol. The van der Waals surface area contributed by atoms with Gasteiger partial charge in [0.15, 0.2) is 0 Å². The van der Waals surface area contributed by atoms with Gasteiger partial charge in [0.2, 0.25) is 11.8 Å². The van der Waals surface area contributed by atoms with Gasteiger partial charge < -0.3 is 16.0 Å². The van der Waals surface area contributed by atoms with E-state index in [0.29, 0.717) is 0 Å². The van der Waals surface area contributed by atoms with Crippen LogP contribution in [0.25, 0.3) is 0 Å². The van der Waals surface area contributed by atoms with E-state index < -0.39 is 0 Å². The third-order valence-corrected chi connectivity index (χ3v) is 7.21. The largest absolute Gasteiger partial charge is 0.375 e.